The maximum Gasteiger partial charge on any atom is 0.416 e. The van der Waals surface area contributed by atoms with Crippen LogP contribution >= 0.6 is 0 Å². The number of benzene rings is 1. The molecule has 2 rings (SSSR count). The van der Waals surface area contributed by atoms with Gasteiger partial charge in [0.05, 0.1) is 24.4 Å². The number of aromatic nitrogens is 2. The van der Waals surface area contributed by atoms with Crippen LogP contribution < -0.4 is 10.5 Å². The predicted molar refractivity (Wildman–Crippen MR) is 66.1 cm³/mol. The average molecular weight is 283 g/mol. The van der Waals surface area contributed by atoms with E-state index >= 15 is 0 Å². The van der Waals surface area contributed by atoms with Crippen molar-refractivity contribution in [3.63, 3.8) is 0 Å². The maximum absolute atomic E-state index is 12.7. The highest BCUT2D eigenvalue weighted by molar-refractivity contribution is 5.33. The summed E-state index contributed by atoms with van der Waals surface area (Å²) in [6.07, 6.45) is -3.15. The molecule has 0 saturated heterocycles. The molecule has 1 unspecified atom stereocenters. The fourth-order valence-electron chi connectivity index (χ4n) is 1.71. The molecule has 0 fully saturated rings. The third-order valence-corrected chi connectivity index (χ3v) is 2.76. The minimum Gasteiger partial charge on any atom is -0.481 e. The van der Waals surface area contributed by atoms with E-state index in [1.54, 1.807) is 0 Å². The van der Waals surface area contributed by atoms with Crippen LogP contribution in [0.3, 0.4) is 0 Å². The van der Waals surface area contributed by atoms with Crippen LogP contribution in [0.25, 0.3) is 0 Å². The van der Waals surface area contributed by atoms with Crippen molar-refractivity contribution in [1.82, 2.24) is 9.97 Å². The average Bonchev–Trinajstić information content (AvgIpc) is 2.46. The SMILES string of the molecule is COc1cc(C(N)c2cccc(C(F)(F)F)c2)ncn1. The van der Waals surface area contributed by atoms with Crippen molar-refractivity contribution in [2.45, 2.75) is 12.2 Å². The first-order valence-corrected chi connectivity index (χ1v) is 5.70. The van der Waals surface area contributed by atoms with Crippen molar-refractivity contribution >= 4 is 0 Å². The first kappa shape index (κ1) is 14.3. The second-order valence-corrected chi connectivity index (χ2v) is 4.09. The molecule has 0 radical (unpaired) electrons. The summed E-state index contributed by atoms with van der Waals surface area (Å²) in [4.78, 5) is 7.78. The first-order valence-electron chi connectivity index (χ1n) is 5.70. The van der Waals surface area contributed by atoms with Crippen molar-refractivity contribution in [2.24, 2.45) is 5.73 Å². The van der Waals surface area contributed by atoms with E-state index in [1.165, 1.54) is 31.6 Å². The van der Waals surface area contributed by atoms with Crippen molar-refractivity contribution in [1.29, 1.82) is 0 Å². The Hall–Kier alpha value is -2.15. The second-order valence-electron chi connectivity index (χ2n) is 4.09. The number of rotatable bonds is 3. The Labute approximate surface area is 113 Å². The summed E-state index contributed by atoms with van der Waals surface area (Å²) in [6, 6.07) is 5.56. The largest absolute Gasteiger partial charge is 0.481 e. The lowest BCUT2D eigenvalue weighted by molar-refractivity contribution is -0.137. The number of ether oxygens (including phenoxy) is 1. The molecule has 4 nitrogen and oxygen atoms in total. The third-order valence-electron chi connectivity index (χ3n) is 2.76. The molecule has 0 aliphatic heterocycles. The topological polar surface area (TPSA) is 61.0 Å². The van der Waals surface area contributed by atoms with Gasteiger partial charge in [0.1, 0.15) is 6.33 Å². The lowest BCUT2D eigenvalue weighted by atomic mass is 10.0. The zero-order valence-corrected chi connectivity index (χ0v) is 10.6. The third kappa shape index (κ3) is 3.05. The Balaban J connectivity index is 2.35. The van der Waals surface area contributed by atoms with Gasteiger partial charge in [-0.25, -0.2) is 9.97 Å². The summed E-state index contributed by atoms with van der Waals surface area (Å²) >= 11 is 0. The molecule has 0 saturated carbocycles. The molecule has 7 heteroatoms. The van der Waals surface area contributed by atoms with Gasteiger partial charge in [0.15, 0.2) is 0 Å². The van der Waals surface area contributed by atoms with Gasteiger partial charge in [-0.2, -0.15) is 13.2 Å². The fraction of sp³-hybridized carbons (Fsp3) is 0.231. The highest BCUT2D eigenvalue weighted by atomic mass is 19.4. The standard InChI is InChI=1S/C13H12F3N3O/c1-20-11-6-10(18-7-19-11)12(17)8-3-2-4-9(5-8)13(14,15)16/h2-7,12H,17H2,1H3. The van der Waals surface area contributed by atoms with E-state index in [1.807, 2.05) is 0 Å². The van der Waals surface area contributed by atoms with Gasteiger partial charge >= 0.3 is 6.18 Å². The molecule has 0 bridgehead atoms. The number of nitrogens with zero attached hydrogens (tertiary/aromatic N) is 2. The lowest BCUT2D eigenvalue weighted by Crippen LogP contribution is -2.15. The van der Waals surface area contributed by atoms with Gasteiger partial charge in [-0.15, -0.1) is 0 Å². The van der Waals surface area contributed by atoms with Crippen LogP contribution in [0.4, 0.5) is 13.2 Å². The number of hydrogen-bond acceptors (Lipinski definition) is 4. The van der Waals surface area contributed by atoms with Gasteiger partial charge in [0.2, 0.25) is 5.88 Å². The predicted octanol–water partition coefficient (Wildman–Crippen LogP) is 2.55. The number of alkyl halides is 3. The molecule has 1 heterocycles. The molecule has 20 heavy (non-hydrogen) atoms. The van der Waals surface area contributed by atoms with E-state index in [9.17, 15) is 13.2 Å². The van der Waals surface area contributed by atoms with E-state index in [0.717, 1.165) is 12.1 Å². The molecule has 1 aromatic carbocycles. The molecule has 0 spiro atoms. The molecule has 106 valence electrons. The smallest absolute Gasteiger partial charge is 0.416 e. The zero-order valence-electron chi connectivity index (χ0n) is 10.6. The minimum atomic E-state index is -4.40. The number of methoxy groups -OCH3 is 1. The Kier molecular flexibility index (Phi) is 3.89. The number of hydrogen-bond donors (Lipinski definition) is 1. The molecule has 1 aromatic heterocycles. The maximum atomic E-state index is 12.7. The number of nitrogens with two attached hydrogens (primary N) is 1. The molecule has 2 aromatic rings. The molecular weight excluding hydrogens is 271 g/mol. The zero-order chi connectivity index (χ0) is 14.8. The van der Waals surface area contributed by atoms with Crippen LogP contribution in [0.2, 0.25) is 0 Å². The summed E-state index contributed by atoms with van der Waals surface area (Å²) in [5.74, 6) is 0.303. The normalized spacial score (nSPS) is 13.1. The molecule has 1 atom stereocenters. The van der Waals surface area contributed by atoms with E-state index in [-0.39, 0.29) is 0 Å². The van der Waals surface area contributed by atoms with E-state index in [4.69, 9.17) is 10.5 Å². The Morgan fingerprint density at radius 1 is 1.20 bits per heavy atom. The van der Waals surface area contributed by atoms with Gasteiger partial charge < -0.3 is 10.5 Å². The molecule has 0 aliphatic carbocycles. The first-order chi connectivity index (χ1) is 9.41. The van der Waals surface area contributed by atoms with Crippen LogP contribution in [0.5, 0.6) is 5.88 Å². The monoisotopic (exact) mass is 283 g/mol. The Morgan fingerprint density at radius 2 is 1.95 bits per heavy atom. The summed E-state index contributed by atoms with van der Waals surface area (Å²) < 4.78 is 42.9. The van der Waals surface area contributed by atoms with Crippen LogP contribution in [-0.2, 0) is 6.18 Å². The van der Waals surface area contributed by atoms with E-state index in [0.29, 0.717) is 17.1 Å². The van der Waals surface area contributed by atoms with E-state index < -0.39 is 17.8 Å². The summed E-state index contributed by atoms with van der Waals surface area (Å²) in [5.41, 5.74) is 5.90. The highest BCUT2D eigenvalue weighted by Gasteiger charge is 2.30. The van der Waals surface area contributed by atoms with Crippen molar-refractivity contribution < 1.29 is 17.9 Å². The van der Waals surface area contributed by atoms with Crippen molar-refractivity contribution in [3.05, 3.63) is 53.5 Å². The summed E-state index contributed by atoms with van der Waals surface area (Å²) in [5, 5.41) is 0. The Bertz CT molecular complexity index is 601. The molecular formula is C13H12F3N3O. The van der Waals surface area contributed by atoms with Crippen LogP contribution in [0.1, 0.15) is 22.9 Å². The lowest BCUT2D eigenvalue weighted by Gasteiger charge is -2.14. The van der Waals surface area contributed by atoms with Gasteiger partial charge in [0.25, 0.3) is 0 Å². The molecule has 0 aliphatic rings. The molecule has 2 N–H and O–H groups in total. The summed E-state index contributed by atoms with van der Waals surface area (Å²) in [7, 11) is 1.43. The minimum absolute atomic E-state index is 0.303. The van der Waals surface area contributed by atoms with Gasteiger partial charge in [-0.05, 0) is 17.7 Å². The fourth-order valence-corrected chi connectivity index (χ4v) is 1.71. The second kappa shape index (κ2) is 5.46. The van der Waals surface area contributed by atoms with Gasteiger partial charge in [-0.3, -0.25) is 0 Å². The Morgan fingerprint density at radius 3 is 2.60 bits per heavy atom. The summed E-state index contributed by atoms with van der Waals surface area (Å²) in [6.45, 7) is 0. The van der Waals surface area contributed by atoms with Crippen LogP contribution in [-0.4, -0.2) is 17.1 Å². The van der Waals surface area contributed by atoms with Crippen LogP contribution in [0, 0.1) is 0 Å². The highest BCUT2D eigenvalue weighted by Crippen LogP contribution is 2.31. The van der Waals surface area contributed by atoms with Gasteiger partial charge in [-0.1, -0.05) is 12.1 Å². The van der Waals surface area contributed by atoms with Crippen molar-refractivity contribution in [2.75, 3.05) is 7.11 Å². The number of halogens is 3. The van der Waals surface area contributed by atoms with Crippen LogP contribution in [0.15, 0.2) is 36.7 Å². The van der Waals surface area contributed by atoms with E-state index in [2.05, 4.69) is 9.97 Å². The quantitative estimate of drug-likeness (QED) is 0.940. The van der Waals surface area contributed by atoms with Gasteiger partial charge in [0, 0.05) is 6.07 Å². The van der Waals surface area contributed by atoms with Crippen molar-refractivity contribution in [3.8, 4) is 5.88 Å². The molecule has 0 amide bonds.